The Hall–Kier alpha value is -7.57. The topological polar surface area (TPSA) is 60.5 Å². The molecule has 0 radical (unpaired) electrons. The number of hydrogen-bond acceptors (Lipinski definition) is 5. The molecule has 6 heteroatoms. The van der Waals surface area contributed by atoms with Crippen molar-refractivity contribution in [2.24, 2.45) is 0 Å². The maximum Gasteiger partial charge on any atom is 0.227 e. The van der Waals surface area contributed by atoms with Gasteiger partial charge >= 0.3 is 0 Å². The molecule has 0 bridgehead atoms. The smallest absolute Gasteiger partial charge is 0.227 e. The highest BCUT2D eigenvalue weighted by Gasteiger charge is 2.20. The van der Waals surface area contributed by atoms with E-state index in [-0.39, 0.29) is 0 Å². The van der Waals surface area contributed by atoms with Gasteiger partial charge in [-0.15, -0.1) is 0 Å². The number of anilines is 3. The number of furan rings is 2. The standard InChI is InChI=1S/C49H29N3O3/c1-2-10-31(11-3-1)52-41-15-7-4-12-35(41)38-28-33(22-25-42(38)52)51(34-23-26-45-39(29-34)36-13-5-8-16-43(36)53-45)32-20-18-30(19-21-32)49-50-40-24-27-46-47(48(40)55-49)37-14-6-9-17-44(37)54-46/h1-29H. The van der Waals surface area contributed by atoms with Gasteiger partial charge in [-0.25, -0.2) is 4.98 Å². The molecule has 0 saturated carbocycles. The van der Waals surface area contributed by atoms with Crippen molar-refractivity contribution in [3.63, 3.8) is 0 Å². The molecule has 0 unspecified atom stereocenters. The molecule has 55 heavy (non-hydrogen) atoms. The molecule has 4 aromatic heterocycles. The summed E-state index contributed by atoms with van der Waals surface area (Å²) >= 11 is 0. The second kappa shape index (κ2) is 11.5. The van der Waals surface area contributed by atoms with Gasteiger partial charge in [-0.05, 0) is 103 Å². The van der Waals surface area contributed by atoms with E-state index in [4.69, 9.17) is 18.2 Å². The Morgan fingerprint density at radius 2 is 1.02 bits per heavy atom. The van der Waals surface area contributed by atoms with Crippen LogP contribution in [0.2, 0.25) is 0 Å². The number of oxazole rings is 1. The van der Waals surface area contributed by atoms with E-state index >= 15 is 0 Å². The highest BCUT2D eigenvalue weighted by Crippen LogP contribution is 2.43. The average molecular weight is 708 g/mol. The highest BCUT2D eigenvalue weighted by atomic mass is 16.4. The van der Waals surface area contributed by atoms with Crippen molar-refractivity contribution >= 4 is 93.8 Å². The van der Waals surface area contributed by atoms with Gasteiger partial charge in [0.15, 0.2) is 5.58 Å². The molecule has 4 heterocycles. The van der Waals surface area contributed by atoms with Crippen LogP contribution in [0.5, 0.6) is 0 Å². The lowest BCUT2D eigenvalue weighted by molar-refractivity contribution is 0.622. The third kappa shape index (κ3) is 4.52. The first-order valence-electron chi connectivity index (χ1n) is 18.4. The summed E-state index contributed by atoms with van der Waals surface area (Å²) in [5.74, 6) is 0.562. The maximum absolute atomic E-state index is 6.51. The van der Waals surface area contributed by atoms with Crippen molar-refractivity contribution in [2.45, 2.75) is 0 Å². The second-order valence-electron chi connectivity index (χ2n) is 14.0. The van der Waals surface area contributed by atoms with Crippen molar-refractivity contribution < 1.29 is 13.3 Å². The van der Waals surface area contributed by atoms with E-state index in [9.17, 15) is 0 Å². The molecule has 258 valence electrons. The Balaban J connectivity index is 1.03. The lowest BCUT2D eigenvalue weighted by Crippen LogP contribution is -2.09. The Bertz CT molecular complexity index is 3440. The molecule has 12 aromatic rings. The maximum atomic E-state index is 6.51. The third-order valence-corrected chi connectivity index (χ3v) is 10.8. The Morgan fingerprint density at radius 3 is 1.85 bits per heavy atom. The van der Waals surface area contributed by atoms with Gasteiger partial charge in [0.05, 0.1) is 16.4 Å². The highest BCUT2D eigenvalue weighted by molar-refractivity contribution is 6.16. The molecule has 0 fully saturated rings. The molecule has 0 amide bonds. The molecular weight excluding hydrogens is 679 g/mol. The average Bonchev–Trinajstić information content (AvgIpc) is 4.01. The summed E-state index contributed by atoms with van der Waals surface area (Å²) in [6.45, 7) is 0. The van der Waals surface area contributed by atoms with Gasteiger partial charge in [0, 0.05) is 55.2 Å². The summed E-state index contributed by atoms with van der Waals surface area (Å²) in [5, 5.41) is 6.50. The zero-order valence-electron chi connectivity index (χ0n) is 29.3. The lowest BCUT2D eigenvalue weighted by Gasteiger charge is -2.26. The fourth-order valence-electron chi connectivity index (χ4n) is 8.33. The van der Waals surface area contributed by atoms with Crippen LogP contribution in [0.1, 0.15) is 0 Å². The molecule has 0 N–H and O–H groups in total. The summed E-state index contributed by atoms with van der Waals surface area (Å²) in [5.41, 5.74) is 12.3. The Kier molecular flexibility index (Phi) is 6.24. The van der Waals surface area contributed by atoms with Crippen molar-refractivity contribution in [2.75, 3.05) is 4.90 Å². The molecule has 0 aliphatic rings. The summed E-state index contributed by atoms with van der Waals surface area (Å²) in [6.07, 6.45) is 0. The molecule has 0 atom stereocenters. The molecule has 0 aliphatic carbocycles. The van der Waals surface area contributed by atoms with E-state index in [0.717, 1.165) is 88.8 Å². The quantitative estimate of drug-likeness (QED) is 0.178. The van der Waals surface area contributed by atoms with Crippen molar-refractivity contribution in [3.05, 3.63) is 176 Å². The van der Waals surface area contributed by atoms with Crippen LogP contribution >= 0.6 is 0 Å². The first-order valence-corrected chi connectivity index (χ1v) is 18.4. The molecule has 0 spiro atoms. The number of hydrogen-bond donors (Lipinski definition) is 0. The van der Waals surface area contributed by atoms with Crippen LogP contribution in [0.25, 0.3) is 93.9 Å². The lowest BCUT2D eigenvalue weighted by atomic mass is 10.1. The second-order valence-corrected chi connectivity index (χ2v) is 14.0. The van der Waals surface area contributed by atoms with Crippen LogP contribution in [-0.2, 0) is 0 Å². The van der Waals surface area contributed by atoms with Crippen LogP contribution in [0.3, 0.4) is 0 Å². The molecule has 8 aromatic carbocycles. The van der Waals surface area contributed by atoms with Crippen LogP contribution in [0.15, 0.2) is 189 Å². The van der Waals surface area contributed by atoms with Gasteiger partial charge in [0.25, 0.3) is 0 Å². The molecule has 12 rings (SSSR count). The third-order valence-electron chi connectivity index (χ3n) is 10.8. The van der Waals surface area contributed by atoms with E-state index in [0.29, 0.717) is 5.89 Å². The Labute approximate surface area is 313 Å². The SMILES string of the molecule is c1ccc(-n2c3ccccc3c3cc(N(c4ccc(-c5nc6ccc7oc8ccccc8c7c6o5)cc4)c4ccc5oc6ccccc6c5c4)ccc32)cc1. The zero-order chi connectivity index (χ0) is 36.0. The van der Waals surface area contributed by atoms with Crippen LogP contribution in [0, 0.1) is 0 Å². The van der Waals surface area contributed by atoms with Crippen LogP contribution in [0.4, 0.5) is 17.1 Å². The van der Waals surface area contributed by atoms with Crippen LogP contribution < -0.4 is 4.90 Å². The van der Waals surface area contributed by atoms with Gasteiger partial charge in [0.1, 0.15) is 27.8 Å². The van der Waals surface area contributed by atoms with Gasteiger partial charge < -0.3 is 22.7 Å². The first-order chi connectivity index (χ1) is 27.2. The molecular formula is C49H29N3O3. The van der Waals surface area contributed by atoms with Crippen LogP contribution in [-0.4, -0.2) is 9.55 Å². The summed E-state index contributed by atoms with van der Waals surface area (Å²) < 4.78 is 21.2. The van der Waals surface area contributed by atoms with Crippen molar-refractivity contribution in [3.8, 4) is 17.1 Å². The van der Waals surface area contributed by atoms with E-state index in [1.54, 1.807) is 0 Å². The first kappa shape index (κ1) is 29.9. The van der Waals surface area contributed by atoms with E-state index in [2.05, 4.69) is 143 Å². The summed E-state index contributed by atoms with van der Waals surface area (Å²) in [7, 11) is 0. The molecule has 0 saturated heterocycles. The van der Waals surface area contributed by atoms with E-state index in [1.165, 1.54) is 16.3 Å². The number of fused-ring (bicyclic) bond motifs is 11. The predicted octanol–water partition coefficient (Wildman–Crippen LogP) is 13.9. The number of para-hydroxylation sites is 4. The summed E-state index contributed by atoms with van der Waals surface area (Å²) in [4.78, 5) is 7.24. The minimum Gasteiger partial charge on any atom is -0.456 e. The molecule has 0 aliphatic heterocycles. The van der Waals surface area contributed by atoms with Gasteiger partial charge in [-0.2, -0.15) is 0 Å². The van der Waals surface area contributed by atoms with Gasteiger partial charge in [-0.1, -0.05) is 72.8 Å². The number of nitrogens with zero attached hydrogens (tertiary/aromatic N) is 3. The van der Waals surface area contributed by atoms with Crippen molar-refractivity contribution in [1.29, 1.82) is 0 Å². The number of benzene rings is 8. The van der Waals surface area contributed by atoms with Gasteiger partial charge in [-0.3, -0.25) is 0 Å². The predicted molar refractivity (Wildman–Crippen MR) is 223 cm³/mol. The van der Waals surface area contributed by atoms with Crippen molar-refractivity contribution in [1.82, 2.24) is 9.55 Å². The van der Waals surface area contributed by atoms with E-state index < -0.39 is 0 Å². The number of rotatable bonds is 5. The minimum atomic E-state index is 0.562. The fourth-order valence-corrected chi connectivity index (χ4v) is 8.33. The zero-order valence-corrected chi connectivity index (χ0v) is 29.3. The Morgan fingerprint density at radius 1 is 0.418 bits per heavy atom. The normalized spacial score (nSPS) is 12.0. The monoisotopic (exact) mass is 707 g/mol. The van der Waals surface area contributed by atoms with E-state index in [1.807, 2.05) is 42.5 Å². The largest absolute Gasteiger partial charge is 0.456 e. The van der Waals surface area contributed by atoms with Gasteiger partial charge in [0.2, 0.25) is 5.89 Å². The number of aromatic nitrogens is 2. The summed E-state index contributed by atoms with van der Waals surface area (Å²) in [6, 6.07) is 61.0. The fraction of sp³-hybridized carbons (Fsp3) is 0. The molecule has 6 nitrogen and oxygen atoms in total. The minimum absolute atomic E-state index is 0.562.